The SMILES string of the molecule is CCNc1nc(C(=O)Nc2cc(C(F)(F)F)ccn2)ccc1-c1nc([C@@H]2CC[C@H]3CCC(=O)N3C2)n2ccnc(N)c12. The smallest absolute Gasteiger partial charge is 0.382 e. The Balaban J connectivity index is 1.36. The highest BCUT2D eigenvalue weighted by Crippen LogP contribution is 2.39. The third kappa shape index (κ3) is 4.97. The predicted octanol–water partition coefficient (Wildman–Crippen LogP) is 4.34. The number of piperidine rings is 1. The summed E-state index contributed by atoms with van der Waals surface area (Å²) in [5.41, 5.74) is 7.05. The molecule has 11 nitrogen and oxygen atoms in total. The highest BCUT2D eigenvalue weighted by atomic mass is 19.4. The van der Waals surface area contributed by atoms with Gasteiger partial charge >= 0.3 is 6.18 Å². The van der Waals surface area contributed by atoms with E-state index in [0.717, 1.165) is 43.4 Å². The molecule has 0 spiro atoms. The maximum absolute atomic E-state index is 13.1. The normalized spacial score (nSPS) is 18.8. The minimum absolute atomic E-state index is 0.00749. The summed E-state index contributed by atoms with van der Waals surface area (Å²) in [5, 5.41) is 5.54. The molecule has 2 saturated heterocycles. The molecule has 4 aromatic heterocycles. The number of anilines is 3. The Bertz CT molecular complexity index is 1690. The summed E-state index contributed by atoms with van der Waals surface area (Å²) in [6.45, 7) is 2.90. The van der Waals surface area contributed by atoms with Crippen LogP contribution >= 0.6 is 0 Å². The average molecular weight is 580 g/mol. The number of nitrogen functional groups attached to an aromatic ring is 1. The van der Waals surface area contributed by atoms with Crippen LogP contribution in [0, 0.1) is 0 Å². The standard InChI is InChI=1S/C28H28F3N9O2/c1-2-33-25-18(6-7-19(36-25)27(42)37-20-13-16(9-10-34-20)28(29,30)31)22-23-24(32)35-11-12-39(23)26(38-22)15-3-4-17-5-8-21(41)40(17)14-15/h6-7,9-13,15,17H,2-5,8,14H2,1H3,(H2,32,35)(H,33,36)(H,34,37,42)/t15-,17+/m1/s1. The van der Waals surface area contributed by atoms with Crippen molar-refractivity contribution in [2.75, 3.05) is 29.5 Å². The highest BCUT2D eigenvalue weighted by molar-refractivity contribution is 6.03. The molecule has 0 aromatic carbocycles. The van der Waals surface area contributed by atoms with Gasteiger partial charge in [-0.1, -0.05) is 0 Å². The zero-order valence-electron chi connectivity index (χ0n) is 22.6. The molecule has 6 rings (SSSR count). The number of nitrogens with two attached hydrogens (primary N) is 1. The minimum atomic E-state index is -4.58. The number of halogens is 3. The molecule has 4 aromatic rings. The van der Waals surface area contributed by atoms with Crippen molar-refractivity contribution < 1.29 is 22.8 Å². The number of amides is 2. The van der Waals surface area contributed by atoms with Crippen LogP contribution in [0.3, 0.4) is 0 Å². The molecule has 2 aliphatic heterocycles. The van der Waals surface area contributed by atoms with E-state index in [0.29, 0.717) is 42.1 Å². The Hall–Kier alpha value is -4.75. The van der Waals surface area contributed by atoms with Gasteiger partial charge in [-0.15, -0.1) is 0 Å². The summed E-state index contributed by atoms with van der Waals surface area (Å²) in [6.07, 6.45) is 3.02. The first-order chi connectivity index (χ1) is 20.1. The van der Waals surface area contributed by atoms with E-state index in [1.165, 1.54) is 6.07 Å². The van der Waals surface area contributed by atoms with Crippen molar-refractivity contribution in [2.24, 2.45) is 0 Å². The van der Waals surface area contributed by atoms with Crippen LogP contribution in [0.25, 0.3) is 16.8 Å². The minimum Gasteiger partial charge on any atom is -0.382 e. The van der Waals surface area contributed by atoms with Gasteiger partial charge in [-0.2, -0.15) is 13.2 Å². The van der Waals surface area contributed by atoms with Gasteiger partial charge in [0.1, 0.15) is 40.2 Å². The van der Waals surface area contributed by atoms with Gasteiger partial charge in [0.15, 0.2) is 0 Å². The first-order valence-corrected chi connectivity index (χ1v) is 13.7. The lowest BCUT2D eigenvalue weighted by Crippen LogP contribution is -2.41. The lowest BCUT2D eigenvalue weighted by atomic mass is 9.92. The van der Waals surface area contributed by atoms with Crippen LogP contribution in [0.5, 0.6) is 0 Å². The zero-order chi connectivity index (χ0) is 29.6. The van der Waals surface area contributed by atoms with Crippen molar-refractivity contribution in [3.63, 3.8) is 0 Å². The van der Waals surface area contributed by atoms with Gasteiger partial charge in [0, 0.05) is 55.6 Å². The van der Waals surface area contributed by atoms with Crippen molar-refractivity contribution in [1.29, 1.82) is 0 Å². The van der Waals surface area contributed by atoms with Crippen molar-refractivity contribution in [3.8, 4) is 11.3 Å². The van der Waals surface area contributed by atoms with Crippen molar-refractivity contribution in [3.05, 3.63) is 59.9 Å². The molecule has 0 saturated carbocycles. The van der Waals surface area contributed by atoms with E-state index in [9.17, 15) is 22.8 Å². The summed E-state index contributed by atoms with van der Waals surface area (Å²) in [4.78, 5) is 45.0. The lowest BCUT2D eigenvalue weighted by molar-refractivity contribution is -0.137. The number of imidazole rings is 1. The number of hydrogen-bond donors (Lipinski definition) is 3. The van der Waals surface area contributed by atoms with E-state index < -0.39 is 17.6 Å². The van der Waals surface area contributed by atoms with Crippen LogP contribution in [-0.4, -0.2) is 60.2 Å². The Labute approximate surface area is 238 Å². The Morgan fingerprint density at radius 3 is 2.74 bits per heavy atom. The highest BCUT2D eigenvalue weighted by Gasteiger charge is 2.38. The molecule has 6 heterocycles. The predicted molar refractivity (Wildman–Crippen MR) is 149 cm³/mol. The monoisotopic (exact) mass is 579 g/mol. The van der Waals surface area contributed by atoms with Crippen LogP contribution in [0.15, 0.2) is 42.9 Å². The van der Waals surface area contributed by atoms with Gasteiger partial charge in [-0.3, -0.25) is 14.0 Å². The molecule has 0 bridgehead atoms. The molecule has 2 atom stereocenters. The largest absolute Gasteiger partial charge is 0.416 e. The Morgan fingerprint density at radius 1 is 1.12 bits per heavy atom. The van der Waals surface area contributed by atoms with Crippen LogP contribution in [0.2, 0.25) is 0 Å². The molecular weight excluding hydrogens is 551 g/mol. The van der Waals surface area contributed by atoms with Crippen molar-refractivity contribution >= 4 is 34.8 Å². The number of pyridine rings is 2. The second-order valence-corrected chi connectivity index (χ2v) is 10.4. The quantitative estimate of drug-likeness (QED) is 0.306. The number of hydrogen-bond acceptors (Lipinski definition) is 8. The van der Waals surface area contributed by atoms with Gasteiger partial charge in [-0.05, 0) is 50.5 Å². The first kappa shape index (κ1) is 27.4. The number of fused-ring (bicyclic) bond motifs is 2. The van der Waals surface area contributed by atoms with E-state index in [1.807, 2.05) is 16.2 Å². The summed E-state index contributed by atoms with van der Waals surface area (Å²) in [6, 6.07) is 4.99. The fourth-order valence-corrected chi connectivity index (χ4v) is 5.77. The van der Waals surface area contributed by atoms with E-state index in [-0.39, 0.29) is 35.2 Å². The third-order valence-electron chi connectivity index (χ3n) is 7.75. The van der Waals surface area contributed by atoms with Crippen LogP contribution in [-0.2, 0) is 11.0 Å². The molecule has 4 N–H and O–H groups in total. The number of carbonyl (C=O) groups is 2. The van der Waals surface area contributed by atoms with Crippen LogP contribution < -0.4 is 16.4 Å². The van der Waals surface area contributed by atoms with Gasteiger partial charge in [0.05, 0.1) is 5.56 Å². The zero-order valence-corrected chi connectivity index (χ0v) is 22.6. The number of alkyl halides is 3. The molecule has 2 fully saturated rings. The molecule has 14 heteroatoms. The third-order valence-corrected chi connectivity index (χ3v) is 7.75. The second kappa shape index (κ2) is 10.6. The van der Waals surface area contributed by atoms with Crippen molar-refractivity contribution in [2.45, 2.75) is 50.7 Å². The molecule has 2 amide bonds. The average Bonchev–Trinajstić information content (AvgIpc) is 3.54. The van der Waals surface area contributed by atoms with Gasteiger partial charge < -0.3 is 21.3 Å². The molecule has 0 unspecified atom stereocenters. The molecule has 42 heavy (non-hydrogen) atoms. The van der Waals surface area contributed by atoms with Gasteiger partial charge in [-0.25, -0.2) is 19.9 Å². The molecular formula is C28H28F3N9O2. The van der Waals surface area contributed by atoms with Crippen LogP contribution in [0.1, 0.15) is 60.4 Å². The Kier molecular flexibility index (Phi) is 6.91. The van der Waals surface area contributed by atoms with Gasteiger partial charge in [0.25, 0.3) is 5.91 Å². The fourth-order valence-electron chi connectivity index (χ4n) is 5.77. The maximum Gasteiger partial charge on any atom is 0.416 e. The number of nitrogens with zero attached hydrogens (tertiary/aromatic N) is 6. The summed E-state index contributed by atoms with van der Waals surface area (Å²) < 4.78 is 41.2. The summed E-state index contributed by atoms with van der Waals surface area (Å²) >= 11 is 0. The maximum atomic E-state index is 13.1. The van der Waals surface area contributed by atoms with Gasteiger partial charge in [0.2, 0.25) is 5.91 Å². The fraction of sp³-hybridized carbons (Fsp3) is 0.357. The van der Waals surface area contributed by atoms with Crippen molar-refractivity contribution in [1.82, 2.24) is 29.2 Å². The van der Waals surface area contributed by atoms with E-state index in [2.05, 4.69) is 25.6 Å². The summed E-state index contributed by atoms with van der Waals surface area (Å²) in [7, 11) is 0. The van der Waals surface area contributed by atoms with Crippen LogP contribution in [0.4, 0.5) is 30.6 Å². The molecule has 0 aliphatic carbocycles. The number of carbonyl (C=O) groups excluding carboxylic acids is 2. The lowest BCUT2D eigenvalue weighted by Gasteiger charge is -2.34. The van der Waals surface area contributed by atoms with E-state index in [1.54, 1.807) is 18.5 Å². The first-order valence-electron chi connectivity index (χ1n) is 13.7. The number of rotatable bonds is 6. The Morgan fingerprint density at radius 2 is 1.95 bits per heavy atom. The second-order valence-electron chi connectivity index (χ2n) is 10.4. The van der Waals surface area contributed by atoms with E-state index >= 15 is 0 Å². The number of aromatic nitrogens is 5. The number of nitrogens with one attached hydrogen (secondary N) is 2. The molecule has 218 valence electrons. The summed E-state index contributed by atoms with van der Waals surface area (Å²) in [5.74, 6) is 0.544. The topological polar surface area (TPSA) is 143 Å². The molecule has 2 aliphatic rings. The van der Waals surface area contributed by atoms with E-state index in [4.69, 9.17) is 10.7 Å². The molecule has 0 radical (unpaired) electrons.